The zero-order valence-corrected chi connectivity index (χ0v) is 20.3. The van der Waals surface area contributed by atoms with Gasteiger partial charge in [-0.2, -0.15) is 0 Å². The maximum absolute atomic E-state index is 12.9. The van der Waals surface area contributed by atoms with E-state index in [0.29, 0.717) is 24.6 Å². The predicted octanol–water partition coefficient (Wildman–Crippen LogP) is 3.80. The minimum absolute atomic E-state index is 0.0329. The van der Waals surface area contributed by atoms with Gasteiger partial charge in [-0.15, -0.1) is 0 Å². The summed E-state index contributed by atoms with van der Waals surface area (Å²) >= 11 is 0. The van der Waals surface area contributed by atoms with Crippen molar-refractivity contribution in [1.29, 1.82) is 0 Å². The fraction of sp³-hybridized carbons (Fsp3) is 0.429. The molecule has 2 aromatic rings. The summed E-state index contributed by atoms with van der Waals surface area (Å²) in [5.41, 5.74) is 3.65. The lowest BCUT2D eigenvalue weighted by Gasteiger charge is -2.32. The van der Waals surface area contributed by atoms with Crippen molar-refractivity contribution in [2.45, 2.75) is 38.5 Å². The van der Waals surface area contributed by atoms with Crippen LogP contribution in [0.2, 0.25) is 0 Å². The highest BCUT2D eigenvalue weighted by Crippen LogP contribution is 2.25. The van der Waals surface area contributed by atoms with Crippen LogP contribution in [0.1, 0.15) is 37.7 Å². The molecule has 1 N–H and O–H groups in total. The molecular formula is C28H33N5O2. The average molecular weight is 472 g/mol. The summed E-state index contributed by atoms with van der Waals surface area (Å²) in [6.07, 6.45) is 15.1. The first-order chi connectivity index (χ1) is 17.1. The van der Waals surface area contributed by atoms with Gasteiger partial charge >= 0.3 is 0 Å². The number of carbonyl (C=O) groups excluding carboxylic acids is 2. The molecule has 1 aromatic carbocycles. The van der Waals surface area contributed by atoms with Crippen LogP contribution in [0.25, 0.3) is 10.9 Å². The average Bonchev–Trinajstić information content (AvgIpc) is 3.45. The normalized spacial score (nSPS) is 19.6. The van der Waals surface area contributed by atoms with Gasteiger partial charge in [-0.1, -0.05) is 31.0 Å². The van der Waals surface area contributed by atoms with Gasteiger partial charge in [-0.25, -0.2) is 4.99 Å². The minimum atomic E-state index is -0.105. The Morgan fingerprint density at radius 1 is 1.14 bits per heavy atom. The van der Waals surface area contributed by atoms with E-state index in [9.17, 15) is 9.59 Å². The van der Waals surface area contributed by atoms with Crippen LogP contribution in [0.3, 0.4) is 0 Å². The number of allylic oxidation sites excluding steroid dienone is 2. The highest BCUT2D eigenvalue weighted by Gasteiger charge is 2.24. The Bertz CT molecular complexity index is 1230. The molecule has 7 nitrogen and oxygen atoms in total. The lowest BCUT2D eigenvalue weighted by atomic mass is 9.91. The third kappa shape index (κ3) is 5.29. The molecule has 0 spiro atoms. The Balaban J connectivity index is 0.995. The molecular weight excluding hydrogens is 438 g/mol. The lowest BCUT2D eigenvalue weighted by molar-refractivity contribution is -0.131. The summed E-state index contributed by atoms with van der Waals surface area (Å²) in [7, 11) is 2.03. The third-order valence-corrected chi connectivity index (χ3v) is 7.35. The van der Waals surface area contributed by atoms with Gasteiger partial charge in [0.05, 0.1) is 18.1 Å². The molecule has 1 atom stereocenters. The SMILES string of the molecule is Cn1cc(CC(=O)N2CCC(CCCCNC(=O)C3=CC4C=NC=CC4=N3)CC2)c2ccccc21. The Morgan fingerprint density at radius 2 is 1.97 bits per heavy atom. The molecule has 1 saturated heterocycles. The van der Waals surface area contributed by atoms with Crippen LogP contribution in [-0.2, 0) is 23.1 Å². The predicted molar refractivity (Wildman–Crippen MR) is 139 cm³/mol. The Kier molecular flexibility index (Phi) is 6.93. The number of aryl methyl sites for hydroxylation is 1. The van der Waals surface area contributed by atoms with Crippen molar-refractivity contribution < 1.29 is 9.59 Å². The first kappa shape index (κ1) is 23.3. The van der Waals surface area contributed by atoms with Gasteiger partial charge in [-0.05, 0) is 49.0 Å². The number of piperidine rings is 1. The quantitative estimate of drug-likeness (QED) is 0.595. The van der Waals surface area contributed by atoms with Crippen LogP contribution in [0.5, 0.6) is 0 Å². The van der Waals surface area contributed by atoms with Crippen molar-refractivity contribution in [3.63, 3.8) is 0 Å². The zero-order valence-electron chi connectivity index (χ0n) is 20.3. The van der Waals surface area contributed by atoms with E-state index in [1.165, 1.54) is 10.9 Å². The van der Waals surface area contributed by atoms with Gasteiger partial charge in [0.2, 0.25) is 5.91 Å². The van der Waals surface area contributed by atoms with Gasteiger partial charge in [0.1, 0.15) is 5.70 Å². The fourth-order valence-corrected chi connectivity index (χ4v) is 5.33. The van der Waals surface area contributed by atoms with Crippen LogP contribution in [0, 0.1) is 11.8 Å². The van der Waals surface area contributed by atoms with Crippen LogP contribution in [0.15, 0.2) is 64.5 Å². The number of aliphatic imine (C=N–C) groups is 2. The molecule has 4 heterocycles. The molecule has 1 unspecified atom stereocenters. The second-order valence-corrected chi connectivity index (χ2v) is 9.76. The first-order valence-corrected chi connectivity index (χ1v) is 12.7. The Hall–Kier alpha value is -3.48. The monoisotopic (exact) mass is 471 g/mol. The van der Waals surface area contributed by atoms with Crippen LogP contribution < -0.4 is 5.32 Å². The molecule has 5 rings (SSSR count). The van der Waals surface area contributed by atoms with E-state index < -0.39 is 0 Å². The molecule has 7 heteroatoms. The van der Waals surface area contributed by atoms with Gasteiger partial charge in [0.25, 0.3) is 5.91 Å². The molecule has 0 bridgehead atoms. The van der Waals surface area contributed by atoms with Crippen molar-refractivity contribution in [2.75, 3.05) is 19.6 Å². The number of fused-ring (bicyclic) bond motifs is 2. The van der Waals surface area contributed by atoms with E-state index >= 15 is 0 Å². The second-order valence-electron chi connectivity index (χ2n) is 9.76. The molecule has 0 saturated carbocycles. The fourth-order valence-electron chi connectivity index (χ4n) is 5.33. The van der Waals surface area contributed by atoms with Crippen molar-refractivity contribution >= 4 is 34.6 Å². The van der Waals surface area contributed by atoms with E-state index in [1.807, 2.05) is 42.4 Å². The molecule has 1 fully saturated rings. The molecule has 35 heavy (non-hydrogen) atoms. The summed E-state index contributed by atoms with van der Waals surface area (Å²) in [4.78, 5) is 35.8. The van der Waals surface area contributed by atoms with E-state index in [-0.39, 0.29) is 17.7 Å². The number of para-hydroxylation sites is 1. The van der Waals surface area contributed by atoms with E-state index in [4.69, 9.17) is 0 Å². The molecule has 3 aliphatic heterocycles. The Morgan fingerprint density at radius 3 is 2.80 bits per heavy atom. The van der Waals surface area contributed by atoms with E-state index in [1.54, 1.807) is 6.20 Å². The van der Waals surface area contributed by atoms with Crippen LogP contribution in [-0.4, -0.2) is 52.8 Å². The number of aromatic nitrogens is 1. The summed E-state index contributed by atoms with van der Waals surface area (Å²) in [5, 5.41) is 4.17. The lowest BCUT2D eigenvalue weighted by Crippen LogP contribution is -2.39. The maximum Gasteiger partial charge on any atom is 0.269 e. The minimum Gasteiger partial charge on any atom is -0.351 e. The van der Waals surface area contributed by atoms with Crippen molar-refractivity contribution in [3.8, 4) is 0 Å². The summed E-state index contributed by atoms with van der Waals surface area (Å²) in [6, 6.07) is 8.27. The smallest absolute Gasteiger partial charge is 0.269 e. The zero-order chi connectivity index (χ0) is 24.2. The van der Waals surface area contributed by atoms with Crippen molar-refractivity contribution in [2.24, 2.45) is 28.9 Å². The highest BCUT2D eigenvalue weighted by atomic mass is 16.2. The highest BCUT2D eigenvalue weighted by molar-refractivity contribution is 6.14. The number of unbranched alkanes of at least 4 members (excludes halogenated alkanes) is 1. The number of nitrogens with one attached hydrogen (secondary N) is 1. The number of hydrogen-bond acceptors (Lipinski definition) is 4. The van der Waals surface area contributed by atoms with E-state index in [0.717, 1.165) is 56.5 Å². The van der Waals surface area contributed by atoms with Gasteiger partial charge < -0.3 is 14.8 Å². The van der Waals surface area contributed by atoms with Crippen LogP contribution >= 0.6 is 0 Å². The number of likely N-dealkylation sites (tertiary alicyclic amines) is 1. The largest absolute Gasteiger partial charge is 0.351 e. The standard InChI is InChI=1S/C28H33N5O2/c1-32-19-22(23-7-2-3-8-26(23)32)17-27(34)33-14-10-20(11-15-33)6-4-5-12-30-28(35)25-16-21-18-29-13-9-24(21)31-25/h2-3,7-9,13,16,18-21H,4-6,10-12,14-15,17H2,1H3,(H,30,35). The van der Waals surface area contributed by atoms with Crippen molar-refractivity contribution in [1.82, 2.24) is 14.8 Å². The number of benzene rings is 1. The molecule has 0 aliphatic carbocycles. The molecule has 2 amide bonds. The summed E-state index contributed by atoms with van der Waals surface area (Å²) in [6.45, 7) is 2.36. The second kappa shape index (κ2) is 10.4. The Labute approximate surface area is 206 Å². The number of nitrogens with zero attached hydrogens (tertiary/aromatic N) is 4. The molecule has 1 aromatic heterocycles. The first-order valence-electron chi connectivity index (χ1n) is 12.7. The number of hydrogen-bond donors (Lipinski definition) is 1. The van der Waals surface area contributed by atoms with Gasteiger partial charge in [0.15, 0.2) is 0 Å². The van der Waals surface area contributed by atoms with Gasteiger partial charge in [0, 0.05) is 56.2 Å². The van der Waals surface area contributed by atoms with Crippen molar-refractivity contribution in [3.05, 3.63) is 60.1 Å². The van der Waals surface area contributed by atoms with Crippen LogP contribution in [0.4, 0.5) is 0 Å². The molecule has 3 aliphatic rings. The summed E-state index contributed by atoms with van der Waals surface area (Å²) in [5.74, 6) is 0.816. The van der Waals surface area contributed by atoms with Gasteiger partial charge in [-0.3, -0.25) is 14.6 Å². The molecule has 182 valence electrons. The maximum atomic E-state index is 12.9. The number of rotatable bonds is 8. The summed E-state index contributed by atoms with van der Waals surface area (Å²) < 4.78 is 2.10. The number of amides is 2. The molecule has 0 radical (unpaired) electrons. The van der Waals surface area contributed by atoms with E-state index in [2.05, 4.69) is 38.2 Å². The topological polar surface area (TPSA) is 79.1 Å². The number of carbonyl (C=O) groups is 2. The third-order valence-electron chi connectivity index (χ3n) is 7.35.